The van der Waals surface area contributed by atoms with Gasteiger partial charge in [0.2, 0.25) is 0 Å². The van der Waals surface area contributed by atoms with Crippen LogP contribution in [0.15, 0.2) is 59.4 Å². The standard InChI is InChI=1S/C22H24N4O2/c1-15-11-17(12-23)13-25(15)22(28)20-18-9-5-6-10-19(18)21(27)26(24-20)14-16-7-3-2-4-8-16/h2-10,15,17H,11-14,23H2,1H3. The molecule has 28 heavy (non-hydrogen) atoms. The average Bonchev–Trinajstić information content (AvgIpc) is 3.11. The van der Waals surface area contributed by atoms with E-state index in [0.717, 1.165) is 12.0 Å². The Kier molecular flexibility index (Phi) is 4.96. The van der Waals surface area contributed by atoms with Crippen LogP contribution in [0.1, 0.15) is 29.4 Å². The number of likely N-dealkylation sites (tertiary alicyclic amines) is 1. The minimum atomic E-state index is -0.190. The minimum absolute atomic E-state index is 0.108. The molecule has 3 aromatic rings. The van der Waals surface area contributed by atoms with Crippen LogP contribution >= 0.6 is 0 Å². The summed E-state index contributed by atoms with van der Waals surface area (Å²) in [6, 6.07) is 17.0. The van der Waals surface area contributed by atoms with Gasteiger partial charge in [-0.1, -0.05) is 48.5 Å². The molecule has 0 spiro atoms. The lowest BCUT2D eigenvalue weighted by molar-refractivity contribution is 0.0737. The molecule has 6 nitrogen and oxygen atoms in total. The molecule has 0 aliphatic carbocycles. The van der Waals surface area contributed by atoms with Crippen molar-refractivity contribution in [3.8, 4) is 0 Å². The molecule has 0 radical (unpaired) electrons. The molecule has 1 amide bonds. The summed E-state index contributed by atoms with van der Waals surface area (Å²) in [7, 11) is 0. The number of nitrogens with zero attached hydrogens (tertiary/aromatic N) is 3. The molecule has 1 aromatic heterocycles. The maximum atomic E-state index is 13.4. The molecule has 0 saturated carbocycles. The predicted octanol–water partition coefficient (Wildman–Crippen LogP) is 2.25. The smallest absolute Gasteiger partial charge is 0.275 e. The van der Waals surface area contributed by atoms with E-state index in [1.54, 1.807) is 12.1 Å². The van der Waals surface area contributed by atoms with Gasteiger partial charge in [-0.2, -0.15) is 5.10 Å². The van der Waals surface area contributed by atoms with Crippen molar-refractivity contribution in [2.45, 2.75) is 25.9 Å². The molecule has 1 aliphatic rings. The highest BCUT2D eigenvalue weighted by Crippen LogP contribution is 2.25. The number of aromatic nitrogens is 2. The lowest BCUT2D eigenvalue weighted by Gasteiger charge is -2.22. The van der Waals surface area contributed by atoms with Crippen LogP contribution in [-0.4, -0.2) is 39.7 Å². The highest BCUT2D eigenvalue weighted by atomic mass is 16.2. The number of hydrogen-bond donors (Lipinski definition) is 1. The summed E-state index contributed by atoms with van der Waals surface area (Å²) in [5.41, 5.74) is 6.92. The van der Waals surface area contributed by atoms with Crippen LogP contribution in [-0.2, 0) is 6.54 Å². The van der Waals surface area contributed by atoms with Gasteiger partial charge in [0.05, 0.1) is 11.9 Å². The zero-order valence-electron chi connectivity index (χ0n) is 15.9. The second-order valence-corrected chi connectivity index (χ2v) is 7.49. The third kappa shape index (κ3) is 3.31. The topological polar surface area (TPSA) is 81.2 Å². The van der Waals surface area contributed by atoms with Gasteiger partial charge in [-0.3, -0.25) is 9.59 Å². The number of carbonyl (C=O) groups excluding carboxylic acids is 1. The first-order chi connectivity index (χ1) is 13.6. The lowest BCUT2D eigenvalue weighted by atomic mass is 10.1. The normalized spacial score (nSPS) is 19.3. The first kappa shape index (κ1) is 18.4. The van der Waals surface area contributed by atoms with Crippen LogP contribution in [0.3, 0.4) is 0 Å². The fourth-order valence-electron chi connectivity index (χ4n) is 3.99. The molecule has 2 atom stereocenters. The molecule has 1 saturated heterocycles. The SMILES string of the molecule is CC1CC(CN)CN1C(=O)c1nn(Cc2ccccc2)c(=O)c2ccccc12. The number of amides is 1. The van der Waals surface area contributed by atoms with Crippen LogP contribution < -0.4 is 11.3 Å². The third-order valence-corrected chi connectivity index (χ3v) is 5.50. The van der Waals surface area contributed by atoms with E-state index < -0.39 is 0 Å². The molecule has 144 valence electrons. The van der Waals surface area contributed by atoms with Gasteiger partial charge in [-0.15, -0.1) is 0 Å². The van der Waals surface area contributed by atoms with E-state index in [9.17, 15) is 9.59 Å². The van der Waals surface area contributed by atoms with Gasteiger partial charge in [0.25, 0.3) is 11.5 Å². The minimum Gasteiger partial charge on any atom is -0.334 e. The fraction of sp³-hybridized carbons (Fsp3) is 0.318. The predicted molar refractivity (Wildman–Crippen MR) is 109 cm³/mol. The summed E-state index contributed by atoms with van der Waals surface area (Å²) in [5, 5.41) is 5.62. The molecule has 2 aromatic carbocycles. The molecule has 2 N–H and O–H groups in total. The van der Waals surface area contributed by atoms with Crippen LogP contribution in [0.5, 0.6) is 0 Å². The van der Waals surface area contributed by atoms with Gasteiger partial charge in [0.1, 0.15) is 0 Å². The Morgan fingerprint density at radius 2 is 1.79 bits per heavy atom. The summed E-state index contributed by atoms with van der Waals surface area (Å²) < 4.78 is 1.39. The highest BCUT2D eigenvalue weighted by molar-refractivity contribution is 6.05. The Labute approximate surface area is 163 Å². The first-order valence-electron chi connectivity index (χ1n) is 9.63. The second kappa shape index (κ2) is 7.56. The maximum absolute atomic E-state index is 13.4. The Morgan fingerprint density at radius 3 is 2.46 bits per heavy atom. The van der Waals surface area contributed by atoms with Gasteiger partial charge in [0.15, 0.2) is 5.69 Å². The zero-order valence-corrected chi connectivity index (χ0v) is 15.9. The van der Waals surface area contributed by atoms with Crippen LogP contribution in [0.4, 0.5) is 0 Å². The van der Waals surface area contributed by atoms with E-state index >= 15 is 0 Å². The van der Waals surface area contributed by atoms with Crippen molar-refractivity contribution < 1.29 is 4.79 Å². The van der Waals surface area contributed by atoms with Crippen molar-refractivity contribution in [3.05, 3.63) is 76.2 Å². The number of hydrogen-bond acceptors (Lipinski definition) is 4. The van der Waals surface area contributed by atoms with Crippen molar-refractivity contribution in [1.29, 1.82) is 0 Å². The molecular formula is C22H24N4O2. The fourth-order valence-corrected chi connectivity index (χ4v) is 3.99. The number of carbonyl (C=O) groups is 1. The largest absolute Gasteiger partial charge is 0.334 e. The zero-order chi connectivity index (χ0) is 19.7. The van der Waals surface area contributed by atoms with E-state index in [4.69, 9.17) is 5.73 Å². The number of rotatable bonds is 4. The van der Waals surface area contributed by atoms with Crippen LogP contribution in [0, 0.1) is 5.92 Å². The summed E-state index contributed by atoms with van der Waals surface area (Å²) in [6.45, 7) is 3.56. The van der Waals surface area contributed by atoms with Crippen molar-refractivity contribution >= 4 is 16.7 Å². The van der Waals surface area contributed by atoms with Gasteiger partial charge in [0, 0.05) is 18.0 Å². The van der Waals surface area contributed by atoms with Crippen molar-refractivity contribution in [2.24, 2.45) is 11.7 Å². The van der Waals surface area contributed by atoms with Crippen molar-refractivity contribution in [1.82, 2.24) is 14.7 Å². The van der Waals surface area contributed by atoms with Gasteiger partial charge < -0.3 is 10.6 Å². The molecule has 0 bridgehead atoms. The van der Waals surface area contributed by atoms with E-state index in [0.29, 0.717) is 42.0 Å². The average molecular weight is 376 g/mol. The highest BCUT2D eigenvalue weighted by Gasteiger charge is 2.33. The number of benzene rings is 2. The van der Waals surface area contributed by atoms with Crippen LogP contribution in [0.2, 0.25) is 0 Å². The molecule has 1 aliphatic heterocycles. The van der Waals surface area contributed by atoms with Gasteiger partial charge in [-0.05, 0) is 37.4 Å². The van der Waals surface area contributed by atoms with Crippen molar-refractivity contribution in [3.63, 3.8) is 0 Å². The first-order valence-corrected chi connectivity index (χ1v) is 9.63. The Bertz CT molecular complexity index is 1060. The van der Waals surface area contributed by atoms with E-state index in [-0.39, 0.29) is 17.5 Å². The monoisotopic (exact) mass is 376 g/mol. The van der Waals surface area contributed by atoms with Gasteiger partial charge >= 0.3 is 0 Å². The Balaban J connectivity index is 1.80. The Hall–Kier alpha value is -2.99. The second-order valence-electron chi connectivity index (χ2n) is 7.49. The summed E-state index contributed by atoms with van der Waals surface area (Å²) in [6.07, 6.45) is 0.893. The molecule has 2 heterocycles. The van der Waals surface area contributed by atoms with E-state index in [1.807, 2.05) is 54.3 Å². The summed E-state index contributed by atoms with van der Waals surface area (Å²) in [5.74, 6) is 0.168. The van der Waals surface area contributed by atoms with Crippen molar-refractivity contribution in [2.75, 3.05) is 13.1 Å². The van der Waals surface area contributed by atoms with E-state index in [1.165, 1.54) is 4.68 Å². The number of nitrogens with two attached hydrogens (primary N) is 1. The van der Waals surface area contributed by atoms with Crippen LogP contribution in [0.25, 0.3) is 10.8 Å². The molecule has 6 heteroatoms. The molecule has 4 rings (SSSR count). The maximum Gasteiger partial charge on any atom is 0.275 e. The summed E-state index contributed by atoms with van der Waals surface area (Å²) >= 11 is 0. The lowest BCUT2D eigenvalue weighted by Crippen LogP contribution is -2.37. The quantitative estimate of drug-likeness (QED) is 0.757. The molecule has 2 unspecified atom stereocenters. The van der Waals surface area contributed by atoms with E-state index in [2.05, 4.69) is 5.10 Å². The summed E-state index contributed by atoms with van der Waals surface area (Å²) in [4.78, 5) is 28.1. The Morgan fingerprint density at radius 1 is 1.11 bits per heavy atom. The van der Waals surface area contributed by atoms with Gasteiger partial charge in [-0.25, -0.2) is 4.68 Å². The number of fused-ring (bicyclic) bond motifs is 1. The molecule has 1 fully saturated rings. The molecular weight excluding hydrogens is 352 g/mol. The third-order valence-electron chi connectivity index (χ3n) is 5.50.